The molecule has 1 aliphatic rings. The third-order valence-electron chi connectivity index (χ3n) is 5.48. The van der Waals surface area contributed by atoms with E-state index in [1.165, 1.54) is 10.8 Å². The van der Waals surface area contributed by atoms with Gasteiger partial charge < -0.3 is 20.7 Å². The predicted octanol–water partition coefficient (Wildman–Crippen LogP) is 1.35. The van der Waals surface area contributed by atoms with Crippen molar-refractivity contribution in [1.29, 1.82) is 0 Å². The fourth-order valence-electron chi connectivity index (χ4n) is 4.03. The lowest BCUT2D eigenvalue weighted by molar-refractivity contribution is -0.121. The Hall–Kier alpha value is -2.95. The van der Waals surface area contributed by atoms with Gasteiger partial charge in [0.25, 0.3) is 5.56 Å². The molecular weight excluding hydrogens is 446 g/mol. The number of pyridine rings is 1. The molecule has 10 nitrogen and oxygen atoms in total. The molecule has 176 valence electrons. The molecule has 4 rings (SSSR count). The van der Waals surface area contributed by atoms with Crippen LogP contribution in [0.1, 0.15) is 25.8 Å². The number of aromatic amines is 1. The van der Waals surface area contributed by atoms with Gasteiger partial charge in [-0.05, 0) is 38.0 Å². The molecule has 3 aromatic heterocycles. The number of fused-ring (bicyclic) bond motifs is 1. The Labute approximate surface area is 196 Å². The average Bonchev–Trinajstić information content (AvgIpc) is 3.39. The number of halogens is 1. The van der Waals surface area contributed by atoms with Gasteiger partial charge in [0.15, 0.2) is 5.82 Å². The Balaban J connectivity index is 1.37. The highest BCUT2D eigenvalue weighted by molar-refractivity contribution is 6.29. The fourth-order valence-corrected chi connectivity index (χ4v) is 4.22. The average molecular weight is 474 g/mol. The maximum Gasteiger partial charge on any atom is 0.294 e. The number of carbonyl (C=O) groups excluding carboxylic acids is 1. The Kier molecular flexibility index (Phi) is 6.68. The predicted molar refractivity (Wildman–Crippen MR) is 126 cm³/mol. The van der Waals surface area contributed by atoms with Crippen LogP contribution < -0.4 is 16.2 Å². The van der Waals surface area contributed by atoms with Crippen molar-refractivity contribution in [2.75, 3.05) is 25.0 Å². The number of amides is 1. The third-order valence-corrected chi connectivity index (χ3v) is 5.78. The van der Waals surface area contributed by atoms with E-state index < -0.39 is 11.2 Å². The van der Waals surface area contributed by atoms with E-state index in [0.29, 0.717) is 13.1 Å². The molecule has 11 heteroatoms. The molecule has 1 amide bonds. The molecule has 1 fully saturated rings. The van der Waals surface area contributed by atoms with Gasteiger partial charge >= 0.3 is 0 Å². The number of rotatable bonds is 8. The normalized spacial score (nSPS) is 16.9. The van der Waals surface area contributed by atoms with Crippen LogP contribution in [0.25, 0.3) is 11.0 Å². The van der Waals surface area contributed by atoms with Gasteiger partial charge in [-0.15, -0.1) is 0 Å². The minimum atomic E-state index is -0.781. The van der Waals surface area contributed by atoms with Crippen LogP contribution >= 0.6 is 11.6 Å². The molecule has 3 aromatic rings. The van der Waals surface area contributed by atoms with E-state index in [-0.39, 0.29) is 36.0 Å². The second kappa shape index (κ2) is 9.50. The van der Waals surface area contributed by atoms with Gasteiger partial charge in [0, 0.05) is 50.0 Å². The fraction of sp³-hybridized carbons (Fsp3) is 0.455. The number of hydrogen-bond donors (Lipinski definition) is 4. The van der Waals surface area contributed by atoms with Crippen LogP contribution in [0.4, 0.5) is 5.82 Å². The lowest BCUT2D eigenvalue weighted by Crippen LogP contribution is -2.39. The minimum absolute atomic E-state index is 0.0202. The molecule has 1 aliphatic heterocycles. The second-order valence-electron chi connectivity index (χ2n) is 9.03. The van der Waals surface area contributed by atoms with Crippen LogP contribution in [0.2, 0.25) is 5.15 Å². The van der Waals surface area contributed by atoms with Crippen molar-refractivity contribution in [3.8, 4) is 0 Å². The van der Waals surface area contributed by atoms with Gasteiger partial charge in [0.2, 0.25) is 5.91 Å². The molecule has 0 aliphatic carbocycles. The van der Waals surface area contributed by atoms with Crippen molar-refractivity contribution < 1.29 is 9.90 Å². The first-order valence-corrected chi connectivity index (χ1v) is 11.2. The monoisotopic (exact) mass is 473 g/mol. The van der Waals surface area contributed by atoms with Crippen molar-refractivity contribution in [2.45, 2.75) is 45.0 Å². The molecule has 1 atom stereocenters. The summed E-state index contributed by atoms with van der Waals surface area (Å²) in [5.74, 6) is -0.188. The number of likely N-dealkylation sites (tertiary alicyclic amines) is 1. The van der Waals surface area contributed by atoms with E-state index in [1.54, 1.807) is 26.2 Å². The number of H-pyrrole nitrogens is 1. The van der Waals surface area contributed by atoms with E-state index in [9.17, 15) is 14.7 Å². The number of β-amino-alcohol motifs (C(OH)–C–C–N with tert-alkyl or cyclic N) is 1. The molecule has 1 saturated heterocycles. The summed E-state index contributed by atoms with van der Waals surface area (Å²) in [6.45, 7) is 5.67. The summed E-state index contributed by atoms with van der Waals surface area (Å²) >= 11 is 6.17. The maximum absolute atomic E-state index is 12.9. The number of aromatic nitrogens is 4. The number of nitrogens with zero attached hydrogens (tertiary/aromatic N) is 4. The number of hydrogen-bond acceptors (Lipinski definition) is 7. The summed E-state index contributed by atoms with van der Waals surface area (Å²) < 4.78 is 1.20. The highest BCUT2D eigenvalue weighted by Gasteiger charge is 2.27. The molecule has 0 bridgehead atoms. The first kappa shape index (κ1) is 23.2. The lowest BCUT2D eigenvalue weighted by Gasteiger charge is -2.25. The lowest BCUT2D eigenvalue weighted by atomic mass is 10.1. The quantitative estimate of drug-likeness (QED) is 0.388. The van der Waals surface area contributed by atoms with Gasteiger partial charge in [0.1, 0.15) is 17.3 Å². The van der Waals surface area contributed by atoms with Gasteiger partial charge in [-0.2, -0.15) is 0 Å². The summed E-state index contributed by atoms with van der Waals surface area (Å²) in [6.07, 6.45) is 5.68. The van der Waals surface area contributed by atoms with E-state index in [0.717, 1.165) is 29.6 Å². The zero-order valence-electron chi connectivity index (χ0n) is 18.6. The number of anilines is 1. The van der Waals surface area contributed by atoms with E-state index in [2.05, 4.69) is 30.5 Å². The Bertz CT molecular complexity index is 1200. The standard InChI is InChI=1S/C22H28ClN7O3/c1-22(2,33)13-29-6-4-16(11-29)28-20-21(32)30(17(23)10-27-20)12-18(31)25-8-14-7-15-3-5-24-19(15)26-9-14/h3,5,7,9-10,16,33H,4,6,8,11-13H2,1-2H3,(H,24,26)(H,25,31)(H,27,28). The number of nitrogens with one attached hydrogen (secondary N) is 3. The Morgan fingerprint density at radius 1 is 1.36 bits per heavy atom. The smallest absolute Gasteiger partial charge is 0.294 e. The van der Waals surface area contributed by atoms with Crippen LogP contribution in [0.5, 0.6) is 0 Å². The minimum Gasteiger partial charge on any atom is -0.389 e. The highest BCUT2D eigenvalue weighted by Crippen LogP contribution is 2.16. The molecule has 0 saturated carbocycles. The molecule has 0 aromatic carbocycles. The molecule has 1 unspecified atom stereocenters. The highest BCUT2D eigenvalue weighted by atomic mass is 35.5. The Morgan fingerprint density at radius 3 is 2.97 bits per heavy atom. The summed E-state index contributed by atoms with van der Waals surface area (Å²) in [6, 6.07) is 3.87. The summed E-state index contributed by atoms with van der Waals surface area (Å²) in [5.41, 5.74) is 0.402. The van der Waals surface area contributed by atoms with E-state index in [1.807, 2.05) is 12.1 Å². The van der Waals surface area contributed by atoms with Crippen molar-refractivity contribution in [3.63, 3.8) is 0 Å². The number of aliphatic hydroxyl groups is 1. The molecule has 0 radical (unpaired) electrons. The SMILES string of the molecule is CC(C)(O)CN1CCC(Nc2ncc(Cl)n(CC(=O)NCc3cnc4[nH]ccc4c3)c2=O)C1. The third kappa shape index (κ3) is 5.89. The summed E-state index contributed by atoms with van der Waals surface area (Å²) in [4.78, 5) is 39.0. The first-order chi connectivity index (χ1) is 15.7. The van der Waals surface area contributed by atoms with Crippen molar-refractivity contribution >= 4 is 34.4 Å². The van der Waals surface area contributed by atoms with Crippen LogP contribution in [0.3, 0.4) is 0 Å². The van der Waals surface area contributed by atoms with Gasteiger partial charge in [-0.1, -0.05) is 11.6 Å². The van der Waals surface area contributed by atoms with Crippen LogP contribution in [-0.2, 0) is 17.9 Å². The molecule has 0 spiro atoms. The van der Waals surface area contributed by atoms with Crippen LogP contribution in [0, 0.1) is 0 Å². The number of carbonyl (C=O) groups is 1. The molecular formula is C22H28ClN7O3. The van der Waals surface area contributed by atoms with Crippen LogP contribution in [0.15, 0.2) is 35.5 Å². The summed E-state index contributed by atoms with van der Waals surface area (Å²) in [5, 5.41) is 17.0. The largest absolute Gasteiger partial charge is 0.389 e. The molecule has 4 heterocycles. The van der Waals surface area contributed by atoms with Crippen LogP contribution in [-0.4, -0.2) is 66.7 Å². The van der Waals surface area contributed by atoms with E-state index in [4.69, 9.17) is 11.6 Å². The topological polar surface area (TPSA) is 128 Å². The van der Waals surface area contributed by atoms with Gasteiger partial charge in [0.05, 0.1) is 11.8 Å². The Morgan fingerprint density at radius 2 is 2.18 bits per heavy atom. The van der Waals surface area contributed by atoms with Gasteiger partial charge in [-0.25, -0.2) is 9.97 Å². The van der Waals surface area contributed by atoms with E-state index >= 15 is 0 Å². The molecule has 33 heavy (non-hydrogen) atoms. The van der Waals surface area contributed by atoms with Crippen molar-refractivity contribution in [2.24, 2.45) is 0 Å². The summed E-state index contributed by atoms with van der Waals surface area (Å²) in [7, 11) is 0. The van der Waals surface area contributed by atoms with Crippen molar-refractivity contribution in [1.82, 2.24) is 29.7 Å². The van der Waals surface area contributed by atoms with Gasteiger partial charge in [-0.3, -0.25) is 19.1 Å². The molecule has 4 N–H and O–H groups in total. The zero-order chi connectivity index (χ0) is 23.6. The first-order valence-electron chi connectivity index (χ1n) is 10.8. The zero-order valence-corrected chi connectivity index (χ0v) is 19.4. The second-order valence-corrected chi connectivity index (χ2v) is 9.42. The maximum atomic E-state index is 12.9. The van der Waals surface area contributed by atoms with Crippen molar-refractivity contribution in [3.05, 3.63) is 51.8 Å².